The van der Waals surface area contributed by atoms with Gasteiger partial charge < -0.3 is 14.9 Å². The first kappa shape index (κ1) is 15.7. The molecule has 2 aromatic carbocycles. The van der Waals surface area contributed by atoms with E-state index in [-0.39, 0.29) is 17.9 Å². The highest BCUT2D eigenvalue weighted by Crippen LogP contribution is 2.34. The molecule has 2 aromatic rings. The van der Waals surface area contributed by atoms with E-state index >= 15 is 0 Å². The molecule has 0 saturated carbocycles. The number of hydrogen-bond donors (Lipinski definition) is 1. The summed E-state index contributed by atoms with van der Waals surface area (Å²) in [6.07, 6.45) is 1.39. The van der Waals surface area contributed by atoms with Crippen LogP contribution in [0.5, 0.6) is 5.75 Å². The van der Waals surface area contributed by atoms with Crippen molar-refractivity contribution in [2.24, 2.45) is 5.16 Å². The molecule has 2 aliphatic rings. The van der Waals surface area contributed by atoms with Gasteiger partial charge >= 0.3 is 0 Å². The Hall–Kier alpha value is -2.82. The molecule has 0 bridgehead atoms. The third-order valence-corrected chi connectivity index (χ3v) is 4.83. The third-order valence-electron chi connectivity index (χ3n) is 4.83. The molecule has 5 heteroatoms. The number of rotatable bonds is 5. The average molecular weight is 336 g/mol. The van der Waals surface area contributed by atoms with Gasteiger partial charge in [0.05, 0.1) is 25.3 Å². The minimum atomic E-state index is -0.114. The van der Waals surface area contributed by atoms with Crippen molar-refractivity contribution < 1.29 is 14.4 Å². The van der Waals surface area contributed by atoms with Crippen LogP contribution in [0.1, 0.15) is 29.0 Å². The van der Waals surface area contributed by atoms with E-state index in [2.05, 4.69) is 16.5 Å². The molecular formula is C20H20N2O3. The van der Waals surface area contributed by atoms with E-state index < -0.39 is 0 Å². The van der Waals surface area contributed by atoms with E-state index in [1.54, 1.807) is 7.11 Å². The minimum absolute atomic E-state index is 0.0282. The topological polar surface area (TPSA) is 59.9 Å². The summed E-state index contributed by atoms with van der Waals surface area (Å²) in [6.45, 7) is 0.473. The average Bonchev–Trinajstić information content (AvgIpc) is 3.10. The number of carbonyl (C=O) groups is 1. The van der Waals surface area contributed by atoms with Gasteiger partial charge in [-0.2, -0.15) is 0 Å². The first-order valence-corrected chi connectivity index (χ1v) is 8.47. The van der Waals surface area contributed by atoms with Crippen molar-refractivity contribution in [3.8, 4) is 5.75 Å². The lowest BCUT2D eigenvalue weighted by atomic mass is 9.77. The molecule has 0 unspecified atom stereocenters. The van der Waals surface area contributed by atoms with Gasteiger partial charge in [-0.15, -0.1) is 0 Å². The van der Waals surface area contributed by atoms with E-state index in [1.807, 2.05) is 42.5 Å². The van der Waals surface area contributed by atoms with Crippen LogP contribution in [0.4, 0.5) is 0 Å². The Morgan fingerprint density at radius 2 is 2.00 bits per heavy atom. The van der Waals surface area contributed by atoms with Crippen LogP contribution in [0.2, 0.25) is 0 Å². The predicted octanol–water partition coefficient (Wildman–Crippen LogP) is 2.64. The molecule has 0 fully saturated rings. The van der Waals surface area contributed by atoms with E-state index in [9.17, 15) is 4.79 Å². The summed E-state index contributed by atoms with van der Waals surface area (Å²) in [6, 6.07) is 15.8. The summed E-state index contributed by atoms with van der Waals surface area (Å²) in [7, 11) is 1.64. The largest absolute Gasteiger partial charge is 0.497 e. The molecule has 1 heterocycles. The van der Waals surface area contributed by atoms with Gasteiger partial charge in [-0.05, 0) is 47.4 Å². The molecule has 1 N–H and O–H groups in total. The maximum absolute atomic E-state index is 12.3. The Labute approximate surface area is 146 Å². The molecule has 5 nitrogen and oxygen atoms in total. The van der Waals surface area contributed by atoms with Gasteiger partial charge in [0.2, 0.25) is 5.91 Å². The number of benzene rings is 2. The van der Waals surface area contributed by atoms with Gasteiger partial charge in [0, 0.05) is 6.42 Å². The predicted molar refractivity (Wildman–Crippen MR) is 94.9 cm³/mol. The van der Waals surface area contributed by atoms with Crippen LogP contribution >= 0.6 is 0 Å². The summed E-state index contributed by atoms with van der Waals surface area (Å²) in [5, 5.41) is 7.16. The van der Waals surface area contributed by atoms with Gasteiger partial charge in [-0.25, -0.2) is 0 Å². The van der Waals surface area contributed by atoms with E-state index in [4.69, 9.17) is 9.57 Å². The van der Waals surface area contributed by atoms with Gasteiger partial charge in [-0.3, -0.25) is 4.79 Å². The summed E-state index contributed by atoms with van der Waals surface area (Å²) in [5.74, 6) is 0.854. The quantitative estimate of drug-likeness (QED) is 0.913. The molecule has 0 radical (unpaired) electrons. The number of carbonyl (C=O) groups excluding carboxylic acids is 1. The highest BCUT2D eigenvalue weighted by atomic mass is 16.6. The number of nitrogens with zero attached hydrogens (tertiary/aromatic N) is 1. The lowest BCUT2D eigenvalue weighted by molar-refractivity contribution is -0.123. The lowest BCUT2D eigenvalue weighted by Crippen LogP contribution is -2.39. The van der Waals surface area contributed by atoms with E-state index in [1.165, 1.54) is 5.56 Å². The maximum atomic E-state index is 12.3. The van der Waals surface area contributed by atoms with Crippen LogP contribution in [0, 0.1) is 0 Å². The highest BCUT2D eigenvalue weighted by Gasteiger charge is 2.32. The van der Waals surface area contributed by atoms with Crippen LogP contribution in [-0.4, -0.2) is 31.4 Å². The van der Waals surface area contributed by atoms with Crippen LogP contribution < -0.4 is 10.1 Å². The van der Waals surface area contributed by atoms with Crippen molar-refractivity contribution in [1.29, 1.82) is 0 Å². The summed E-state index contributed by atoms with van der Waals surface area (Å²) in [5.41, 5.74) is 4.32. The number of hydrogen-bond acceptors (Lipinski definition) is 4. The van der Waals surface area contributed by atoms with Gasteiger partial charge in [0.1, 0.15) is 11.9 Å². The second kappa shape index (κ2) is 6.59. The molecule has 0 spiro atoms. The van der Waals surface area contributed by atoms with Crippen LogP contribution in [0.25, 0.3) is 0 Å². The molecule has 4 rings (SSSR count). The van der Waals surface area contributed by atoms with Crippen molar-refractivity contribution in [3.63, 3.8) is 0 Å². The summed E-state index contributed by atoms with van der Waals surface area (Å²) < 4.78 is 5.16. The van der Waals surface area contributed by atoms with E-state index in [0.717, 1.165) is 29.0 Å². The first-order valence-electron chi connectivity index (χ1n) is 8.47. The van der Waals surface area contributed by atoms with Crippen molar-refractivity contribution in [2.75, 3.05) is 13.7 Å². The maximum Gasteiger partial charge on any atom is 0.228 e. The molecular weight excluding hydrogens is 316 g/mol. The van der Waals surface area contributed by atoms with Gasteiger partial charge in [-0.1, -0.05) is 29.4 Å². The van der Waals surface area contributed by atoms with Crippen molar-refractivity contribution >= 4 is 11.6 Å². The Morgan fingerprint density at radius 3 is 2.76 bits per heavy atom. The SMILES string of the molecule is COc1ccc(C2=NO[C@H](CNC(=O)[C@H]3Cc4ccccc43)C2)cc1. The number of methoxy groups -OCH3 is 1. The second-order valence-electron chi connectivity index (χ2n) is 6.40. The Balaban J connectivity index is 1.28. The fraction of sp³-hybridized carbons (Fsp3) is 0.300. The number of fused-ring (bicyclic) bond motifs is 1. The lowest BCUT2D eigenvalue weighted by Gasteiger charge is -2.29. The number of ether oxygens (including phenoxy) is 1. The monoisotopic (exact) mass is 336 g/mol. The zero-order valence-corrected chi connectivity index (χ0v) is 14.1. The van der Waals surface area contributed by atoms with Crippen molar-refractivity contribution in [3.05, 3.63) is 65.2 Å². The molecule has 2 atom stereocenters. The van der Waals surface area contributed by atoms with Gasteiger partial charge in [0.15, 0.2) is 0 Å². The smallest absolute Gasteiger partial charge is 0.228 e. The standard InChI is InChI=1S/C20H20N2O3/c1-24-15-8-6-13(7-9-15)19-11-16(25-22-19)12-21-20(23)18-10-14-4-2-3-5-17(14)18/h2-9,16,18H,10-12H2,1H3,(H,21,23)/t16-,18-/m0/s1. The number of nitrogens with one attached hydrogen (secondary N) is 1. The van der Waals surface area contributed by atoms with Crippen molar-refractivity contribution in [1.82, 2.24) is 5.32 Å². The molecule has 1 aliphatic carbocycles. The van der Waals surface area contributed by atoms with Crippen LogP contribution in [0.15, 0.2) is 53.7 Å². The molecule has 1 amide bonds. The normalized spacial score (nSPS) is 20.8. The first-order chi connectivity index (χ1) is 12.2. The van der Waals surface area contributed by atoms with Crippen molar-refractivity contribution in [2.45, 2.75) is 24.9 Å². The number of oxime groups is 1. The fourth-order valence-corrected chi connectivity index (χ4v) is 3.32. The molecule has 128 valence electrons. The van der Waals surface area contributed by atoms with Gasteiger partial charge in [0.25, 0.3) is 0 Å². The molecule has 1 aliphatic heterocycles. The zero-order chi connectivity index (χ0) is 17.2. The minimum Gasteiger partial charge on any atom is -0.497 e. The molecule has 25 heavy (non-hydrogen) atoms. The molecule has 0 saturated heterocycles. The zero-order valence-electron chi connectivity index (χ0n) is 14.1. The fourth-order valence-electron chi connectivity index (χ4n) is 3.32. The second-order valence-corrected chi connectivity index (χ2v) is 6.40. The highest BCUT2D eigenvalue weighted by molar-refractivity contribution is 6.01. The molecule has 0 aromatic heterocycles. The Kier molecular flexibility index (Phi) is 4.14. The number of amides is 1. The van der Waals surface area contributed by atoms with Crippen LogP contribution in [-0.2, 0) is 16.1 Å². The van der Waals surface area contributed by atoms with Crippen LogP contribution in [0.3, 0.4) is 0 Å². The summed E-state index contributed by atoms with van der Waals surface area (Å²) in [4.78, 5) is 17.8. The van der Waals surface area contributed by atoms with E-state index in [0.29, 0.717) is 13.0 Å². The Morgan fingerprint density at radius 1 is 1.20 bits per heavy atom. The third kappa shape index (κ3) is 3.09. The Bertz CT molecular complexity index is 814. The summed E-state index contributed by atoms with van der Waals surface area (Å²) >= 11 is 0.